The molecule has 12 heteroatoms. The molecule has 1 fully saturated rings. The van der Waals surface area contributed by atoms with E-state index in [-0.39, 0.29) is 29.3 Å². The molecular weight excluding hydrogens is 597 g/mol. The molecule has 0 saturated carbocycles. The number of likely N-dealkylation sites (tertiary alicyclic amines) is 1. The smallest absolute Gasteiger partial charge is 0.328 e. The highest BCUT2D eigenvalue weighted by molar-refractivity contribution is 6.11. The number of hydrogen-bond donors (Lipinski definition) is 3. The van der Waals surface area contributed by atoms with Crippen molar-refractivity contribution in [2.45, 2.75) is 19.8 Å². The number of piperidine rings is 1. The fraction of sp³-hybridized carbons (Fsp3) is 0.265. The zero-order valence-corrected chi connectivity index (χ0v) is 25.5. The van der Waals surface area contributed by atoms with Gasteiger partial charge >= 0.3 is 11.9 Å². The summed E-state index contributed by atoms with van der Waals surface area (Å²) in [6.45, 7) is 3.88. The van der Waals surface area contributed by atoms with E-state index < -0.39 is 11.9 Å². The Morgan fingerprint density at radius 2 is 1.57 bits per heavy atom. The lowest BCUT2D eigenvalue weighted by atomic mass is 9.89. The van der Waals surface area contributed by atoms with Crippen LogP contribution in [0, 0.1) is 11.7 Å². The van der Waals surface area contributed by atoms with Gasteiger partial charge in [-0.15, -0.1) is 0 Å². The van der Waals surface area contributed by atoms with Crippen LogP contribution in [0.15, 0.2) is 84.9 Å². The number of aliphatic carboxylic acids is 2. The molecule has 1 heterocycles. The van der Waals surface area contributed by atoms with Gasteiger partial charge in [0.05, 0.1) is 18.4 Å². The third-order valence-electron chi connectivity index (χ3n) is 7.17. The van der Waals surface area contributed by atoms with Gasteiger partial charge in [0, 0.05) is 55.4 Å². The maximum Gasteiger partial charge on any atom is 0.328 e. The van der Waals surface area contributed by atoms with E-state index in [1.54, 1.807) is 48.4 Å². The summed E-state index contributed by atoms with van der Waals surface area (Å²) in [7, 11) is 1.58. The molecule has 2 amide bonds. The Hall–Kier alpha value is -5.36. The molecule has 3 N–H and O–H groups in total. The van der Waals surface area contributed by atoms with E-state index in [1.165, 1.54) is 19.1 Å². The van der Waals surface area contributed by atoms with E-state index in [4.69, 9.17) is 14.9 Å². The number of ether oxygens (including phenoxy) is 1. The molecule has 0 aromatic heterocycles. The minimum atomic E-state index is -1.26. The average Bonchev–Trinajstić information content (AvgIpc) is 3.04. The Morgan fingerprint density at radius 3 is 2.15 bits per heavy atom. The monoisotopic (exact) mass is 633 g/mol. The Morgan fingerprint density at radius 1 is 0.935 bits per heavy atom. The van der Waals surface area contributed by atoms with Crippen molar-refractivity contribution in [3.05, 3.63) is 102 Å². The van der Waals surface area contributed by atoms with E-state index >= 15 is 0 Å². The molecule has 1 saturated heterocycles. The summed E-state index contributed by atoms with van der Waals surface area (Å²) in [5.41, 5.74) is 2.08. The van der Waals surface area contributed by atoms with Crippen LogP contribution >= 0.6 is 0 Å². The molecule has 3 aromatic carbocycles. The first-order valence-electron chi connectivity index (χ1n) is 14.5. The summed E-state index contributed by atoms with van der Waals surface area (Å²) in [5.74, 6) is -2.77. The lowest BCUT2D eigenvalue weighted by molar-refractivity contribution is -0.134. The van der Waals surface area contributed by atoms with Crippen LogP contribution < -0.4 is 15.0 Å². The number of carboxylic acid groups (broad SMARTS) is 2. The van der Waals surface area contributed by atoms with Gasteiger partial charge in [-0.2, -0.15) is 0 Å². The number of nitrogens with one attached hydrogen (secondary N) is 1. The predicted molar refractivity (Wildman–Crippen MR) is 170 cm³/mol. The van der Waals surface area contributed by atoms with Gasteiger partial charge in [0.15, 0.2) is 5.78 Å². The molecule has 0 radical (unpaired) electrons. The van der Waals surface area contributed by atoms with E-state index in [9.17, 15) is 28.4 Å². The van der Waals surface area contributed by atoms with Gasteiger partial charge < -0.3 is 30.1 Å². The first-order chi connectivity index (χ1) is 22.0. The Bertz CT molecular complexity index is 1550. The number of methoxy groups -OCH3 is 1. The molecule has 0 aliphatic carbocycles. The Kier molecular flexibility index (Phi) is 13.1. The number of rotatable bonds is 11. The quantitative estimate of drug-likeness (QED) is 0.201. The van der Waals surface area contributed by atoms with Crippen molar-refractivity contribution >= 4 is 40.9 Å². The van der Waals surface area contributed by atoms with E-state index in [2.05, 4.69) is 10.2 Å². The summed E-state index contributed by atoms with van der Waals surface area (Å²) >= 11 is 0. The molecule has 1 aliphatic heterocycles. The molecule has 46 heavy (non-hydrogen) atoms. The highest BCUT2D eigenvalue weighted by Gasteiger charge is 2.27. The minimum Gasteiger partial charge on any atom is -0.497 e. The van der Waals surface area contributed by atoms with Crippen LogP contribution in [0.2, 0.25) is 0 Å². The molecule has 11 nitrogen and oxygen atoms in total. The fourth-order valence-corrected chi connectivity index (χ4v) is 4.89. The van der Waals surface area contributed by atoms with Crippen molar-refractivity contribution in [2.24, 2.45) is 5.92 Å². The number of benzene rings is 3. The van der Waals surface area contributed by atoms with Crippen molar-refractivity contribution in [2.75, 3.05) is 43.5 Å². The van der Waals surface area contributed by atoms with Crippen LogP contribution in [-0.2, 0) is 14.4 Å². The normalized spacial score (nSPS) is 13.3. The topological polar surface area (TPSA) is 154 Å². The van der Waals surface area contributed by atoms with Crippen LogP contribution in [0.4, 0.5) is 15.8 Å². The first-order valence-corrected chi connectivity index (χ1v) is 14.5. The van der Waals surface area contributed by atoms with Crippen LogP contribution in [0.3, 0.4) is 0 Å². The van der Waals surface area contributed by atoms with Crippen LogP contribution in [0.5, 0.6) is 5.75 Å². The number of amides is 2. The van der Waals surface area contributed by atoms with Crippen molar-refractivity contribution in [1.82, 2.24) is 4.90 Å². The van der Waals surface area contributed by atoms with Crippen molar-refractivity contribution in [3.63, 3.8) is 0 Å². The van der Waals surface area contributed by atoms with Crippen molar-refractivity contribution in [1.29, 1.82) is 0 Å². The van der Waals surface area contributed by atoms with E-state index in [0.717, 1.165) is 13.1 Å². The SMILES string of the molecule is COc1cccc(N(CCN2CCC(C(=O)c3ccc(F)cc3)CC2)C(=O)c2ccccc2NC(C)=O)c1.O=C(O)/C=C/C(=O)O. The van der Waals surface area contributed by atoms with Gasteiger partial charge in [0.2, 0.25) is 5.91 Å². The number of carboxylic acids is 2. The summed E-state index contributed by atoms with van der Waals surface area (Å²) in [6.07, 6.45) is 2.52. The van der Waals surface area contributed by atoms with Gasteiger partial charge in [0.25, 0.3) is 5.91 Å². The number of carbonyl (C=O) groups excluding carboxylic acids is 3. The second-order valence-electron chi connectivity index (χ2n) is 10.4. The number of carbonyl (C=O) groups is 5. The molecule has 3 aromatic rings. The largest absolute Gasteiger partial charge is 0.497 e. The summed E-state index contributed by atoms with van der Waals surface area (Å²) in [5, 5.41) is 18.4. The maximum absolute atomic E-state index is 13.8. The standard InChI is InChI=1S/C30H32FN3O4.C4H4O4/c1-21(35)32-28-9-4-3-8-27(28)30(37)34(25-6-5-7-26(20-25)38-2)19-18-33-16-14-23(15-17-33)29(36)22-10-12-24(31)13-11-22;5-3(6)1-2-4(7)8/h3-13,20,23H,14-19H2,1-2H3,(H,32,35);1-2H,(H,5,6)(H,7,8)/b;2-1+. The van der Waals surface area contributed by atoms with Crippen molar-refractivity contribution in [3.8, 4) is 5.75 Å². The van der Waals surface area contributed by atoms with Crippen molar-refractivity contribution < 1.29 is 43.3 Å². The van der Waals surface area contributed by atoms with E-state index in [1.807, 2.05) is 24.3 Å². The number of halogens is 1. The second kappa shape index (κ2) is 17.2. The number of Topliss-reactive ketones (excluding diaryl/α,β-unsaturated/α-hetero) is 1. The molecule has 242 valence electrons. The zero-order chi connectivity index (χ0) is 33.6. The zero-order valence-electron chi connectivity index (χ0n) is 25.5. The van der Waals surface area contributed by atoms with Crippen LogP contribution in [0.25, 0.3) is 0 Å². The van der Waals surface area contributed by atoms with Crippen LogP contribution in [0.1, 0.15) is 40.5 Å². The fourth-order valence-electron chi connectivity index (χ4n) is 4.89. The summed E-state index contributed by atoms with van der Waals surface area (Å²) < 4.78 is 18.6. The third kappa shape index (κ3) is 10.7. The summed E-state index contributed by atoms with van der Waals surface area (Å²) in [6, 6.07) is 20.0. The number of para-hydroxylation sites is 1. The summed E-state index contributed by atoms with van der Waals surface area (Å²) in [4.78, 5) is 61.4. The first kappa shape index (κ1) is 35.1. The van der Waals surface area contributed by atoms with Gasteiger partial charge in [-0.1, -0.05) is 18.2 Å². The van der Waals surface area contributed by atoms with Gasteiger partial charge in [-0.3, -0.25) is 14.4 Å². The van der Waals surface area contributed by atoms with Gasteiger partial charge in [-0.25, -0.2) is 14.0 Å². The number of anilines is 2. The molecule has 1 aliphatic rings. The number of nitrogens with zero attached hydrogens (tertiary/aromatic N) is 2. The second-order valence-corrected chi connectivity index (χ2v) is 10.4. The Labute approximate surface area is 265 Å². The molecule has 0 atom stereocenters. The molecule has 0 unspecified atom stereocenters. The average molecular weight is 634 g/mol. The molecule has 0 spiro atoms. The maximum atomic E-state index is 13.8. The highest BCUT2D eigenvalue weighted by Crippen LogP contribution is 2.26. The van der Waals surface area contributed by atoms with E-state index in [0.29, 0.717) is 66.3 Å². The molecular formula is C34H36FN3O8. The molecule has 4 rings (SSSR count). The minimum absolute atomic E-state index is 0.0485. The highest BCUT2D eigenvalue weighted by atomic mass is 19.1. The number of hydrogen-bond acceptors (Lipinski definition) is 7. The van der Waals surface area contributed by atoms with Gasteiger partial charge in [0.1, 0.15) is 11.6 Å². The molecule has 0 bridgehead atoms. The van der Waals surface area contributed by atoms with Gasteiger partial charge in [-0.05, 0) is 74.5 Å². The Balaban J connectivity index is 0.000000637. The number of ketones is 1. The predicted octanol–water partition coefficient (Wildman–Crippen LogP) is 4.75. The third-order valence-corrected chi connectivity index (χ3v) is 7.17. The lowest BCUT2D eigenvalue weighted by Gasteiger charge is -2.33. The lowest BCUT2D eigenvalue weighted by Crippen LogP contribution is -2.43. The van der Waals surface area contributed by atoms with Crippen LogP contribution in [-0.4, -0.2) is 77.9 Å².